The van der Waals surface area contributed by atoms with Crippen LogP contribution < -0.4 is 14.4 Å². The van der Waals surface area contributed by atoms with E-state index in [9.17, 15) is 18.3 Å². The molecule has 1 aromatic carbocycles. The predicted molar refractivity (Wildman–Crippen MR) is 107 cm³/mol. The highest BCUT2D eigenvalue weighted by atomic mass is 19.4. The summed E-state index contributed by atoms with van der Waals surface area (Å²) >= 11 is 0. The molecule has 9 heteroatoms. The number of ether oxygens (including phenoxy) is 2. The van der Waals surface area contributed by atoms with Gasteiger partial charge in [0.1, 0.15) is 30.0 Å². The topological polar surface area (TPSA) is 58.1 Å². The maximum atomic E-state index is 12.7. The third kappa shape index (κ3) is 6.24. The molecule has 30 heavy (non-hydrogen) atoms. The average molecular weight is 425 g/mol. The van der Waals surface area contributed by atoms with E-state index in [-0.39, 0.29) is 6.61 Å². The van der Waals surface area contributed by atoms with Crippen LogP contribution in [0.25, 0.3) is 0 Å². The Hall–Kier alpha value is -2.52. The Morgan fingerprint density at radius 3 is 2.17 bits per heavy atom. The van der Waals surface area contributed by atoms with Gasteiger partial charge in [0, 0.05) is 38.9 Å². The van der Waals surface area contributed by atoms with Crippen molar-refractivity contribution >= 4 is 5.82 Å². The first-order valence-electron chi connectivity index (χ1n) is 9.89. The number of nitrogens with zero attached hydrogens (tertiary/aromatic N) is 3. The summed E-state index contributed by atoms with van der Waals surface area (Å²) in [5.74, 6) is 1.96. The fourth-order valence-corrected chi connectivity index (χ4v) is 3.24. The van der Waals surface area contributed by atoms with Gasteiger partial charge < -0.3 is 19.5 Å². The average Bonchev–Trinajstić information content (AvgIpc) is 2.73. The lowest BCUT2D eigenvalue weighted by molar-refractivity contribution is -0.137. The highest BCUT2D eigenvalue weighted by molar-refractivity contribution is 5.40. The van der Waals surface area contributed by atoms with Crippen LogP contribution in [-0.4, -0.2) is 67.0 Å². The molecule has 164 valence electrons. The quantitative estimate of drug-likeness (QED) is 0.702. The predicted octanol–water partition coefficient (Wildman–Crippen LogP) is 3.06. The highest BCUT2D eigenvalue weighted by Crippen LogP contribution is 2.29. The summed E-state index contributed by atoms with van der Waals surface area (Å²) in [6, 6.07) is 9.69. The van der Waals surface area contributed by atoms with Gasteiger partial charge in [-0.15, -0.1) is 0 Å². The number of aliphatic hydroxyl groups excluding tert-OH is 1. The minimum atomic E-state index is -4.38. The number of alkyl halides is 3. The fraction of sp³-hybridized carbons (Fsp3) is 0.476. The molecule has 0 bridgehead atoms. The van der Waals surface area contributed by atoms with Crippen LogP contribution in [0.1, 0.15) is 12.5 Å². The molecule has 0 aliphatic carbocycles. The van der Waals surface area contributed by atoms with Crippen molar-refractivity contribution in [2.24, 2.45) is 0 Å². The SMILES string of the molecule is CCOc1ccc(OC[C@@H](O)CN2CCN(c3ccc(C(F)(F)F)cn3)CC2)cc1. The second-order valence-electron chi connectivity index (χ2n) is 7.06. The van der Waals surface area contributed by atoms with E-state index in [1.807, 2.05) is 24.0 Å². The summed E-state index contributed by atoms with van der Waals surface area (Å²) in [5, 5.41) is 10.3. The molecule has 1 N–H and O–H groups in total. The summed E-state index contributed by atoms with van der Waals surface area (Å²) in [4.78, 5) is 7.99. The molecular formula is C21H26F3N3O3. The number of benzene rings is 1. The lowest BCUT2D eigenvalue weighted by Crippen LogP contribution is -2.49. The molecule has 6 nitrogen and oxygen atoms in total. The highest BCUT2D eigenvalue weighted by Gasteiger charge is 2.31. The van der Waals surface area contributed by atoms with E-state index < -0.39 is 17.8 Å². The summed E-state index contributed by atoms with van der Waals surface area (Å²) in [6.07, 6.45) is -4.16. The summed E-state index contributed by atoms with van der Waals surface area (Å²) in [5.41, 5.74) is -0.750. The van der Waals surface area contributed by atoms with Crippen molar-refractivity contribution < 1.29 is 27.8 Å². The normalized spacial score (nSPS) is 16.4. The van der Waals surface area contributed by atoms with Crippen LogP contribution in [-0.2, 0) is 6.18 Å². The van der Waals surface area contributed by atoms with Crippen molar-refractivity contribution in [3.05, 3.63) is 48.2 Å². The van der Waals surface area contributed by atoms with Gasteiger partial charge >= 0.3 is 6.18 Å². The zero-order valence-corrected chi connectivity index (χ0v) is 16.8. The largest absolute Gasteiger partial charge is 0.494 e. The number of halogens is 3. The Morgan fingerprint density at radius 1 is 1.00 bits per heavy atom. The number of pyridine rings is 1. The molecule has 1 saturated heterocycles. The van der Waals surface area contributed by atoms with Gasteiger partial charge in [-0.2, -0.15) is 13.2 Å². The lowest BCUT2D eigenvalue weighted by atomic mass is 10.2. The van der Waals surface area contributed by atoms with Gasteiger partial charge in [0.05, 0.1) is 12.2 Å². The van der Waals surface area contributed by atoms with Crippen LogP contribution in [0.4, 0.5) is 19.0 Å². The number of β-amino-alcohol motifs (C(OH)–C–C–N with tert-alkyl or cyclic N) is 1. The van der Waals surface area contributed by atoms with Crippen LogP contribution in [0.5, 0.6) is 11.5 Å². The molecule has 3 rings (SSSR count). The first kappa shape index (κ1) is 22.2. The summed E-state index contributed by atoms with van der Waals surface area (Å²) < 4.78 is 49.0. The monoisotopic (exact) mass is 425 g/mol. The molecule has 2 heterocycles. The van der Waals surface area contributed by atoms with Crippen molar-refractivity contribution in [1.82, 2.24) is 9.88 Å². The second-order valence-corrected chi connectivity index (χ2v) is 7.06. The fourth-order valence-electron chi connectivity index (χ4n) is 3.24. The van der Waals surface area contributed by atoms with Crippen LogP contribution in [0, 0.1) is 0 Å². The number of anilines is 1. The van der Waals surface area contributed by atoms with Crippen molar-refractivity contribution in [3.8, 4) is 11.5 Å². The number of hydrogen-bond donors (Lipinski definition) is 1. The smallest absolute Gasteiger partial charge is 0.417 e. The first-order valence-corrected chi connectivity index (χ1v) is 9.89. The Morgan fingerprint density at radius 2 is 1.63 bits per heavy atom. The van der Waals surface area contributed by atoms with E-state index in [4.69, 9.17) is 9.47 Å². The molecule has 0 saturated carbocycles. The lowest BCUT2D eigenvalue weighted by Gasteiger charge is -2.36. The maximum Gasteiger partial charge on any atom is 0.417 e. The molecule has 1 aliphatic heterocycles. The van der Waals surface area contributed by atoms with Crippen molar-refractivity contribution in [2.45, 2.75) is 19.2 Å². The minimum absolute atomic E-state index is 0.175. The van der Waals surface area contributed by atoms with Gasteiger partial charge in [-0.25, -0.2) is 4.98 Å². The van der Waals surface area contributed by atoms with Crippen molar-refractivity contribution in [2.75, 3.05) is 50.8 Å². The Labute approximate surface area is 173 Å². The van der Waals surface area contributed by atoms with E-state index in [1.165, 1.54) is 6.07 Å². The van der Waals surface area contributed by atoms with E-state index in [2.05, 4.69) is 9.88 Å². The van der Waals surface area contributed by atoms with Gasteiger partial charge in [-0.1, -0.05) is 0 Å². The minimum Gasteiger partial charge on any atom is -0.494 e. The van der Waals surface area contributed by atoms with Crippen LogP contribution in [0.2, 0.25) is 0 Å². The second kappa shape index (κ2) is 9.99. The van der Waals surface area contributed by atoms with Gasteiger partial charge in [0.2, 0.25) is 0 Å². The molecule has 0 spiro atoms. The number of rotatable bonds is 8. The van der Waals surface area contributed by atoms with E-state index in [0.717, 1.165) is 18.0 Å². The number of piperazine rings is 1. The van der Waals surface area contributed by atoms with Crippen molar-refractivity contribution in [1.29, 1.82) is 0 Å². The maximum absolute atomic E-state index is 12.7. The number of aliphatic hydroxyl groups is 1. The summed E-state index contributed by atoms with van der Waals surface area (Å²) in [7, 11) is 0. The van der Waals surface area contributed by atoms with Crippen molar-refractivity contribution in [3.63, 3.8) is 0 Å². The molecule has 1 aromatic heterocycles. The zero-order chi connectivity index (χ0) is 21.6. The number of aromatic nitrogens is 1. The number of hydrogen-bond acceptors (Lipinski definition) is 6. The third-order valence-corrected chi connectivity index (χ3v) is 4.82. The van der Waals surface area contributed by atoms with Gasteiger partial charge in [0.15, 0.2) is 0 Å². The van der Waals surface area contributed by atoms with Gasteiger partial charge in [0.25, 0.3) is 0 Å². The van der Waals surface area contributed by atoms with E-state index in [0.29, 0.717) is 50.9 Å². The standard InChI is InChI=1S/C21H26F3N3O3/c1-2-29-18-4-6-19(7-5-18)30-15-17(28)14-26-9-11-27(12-10-26)20-8-3-16(13-25-20)21(22,23)24/h3-8,13,17,28H,2,9-12,14-15H2,1H3/t17-/m0/s1. The molecule has 0 radical (unpaired) electrons. The molecule has 1 atom stereocenters. The molecule has 0 amide bonds. The summed E-state index contributed by atoms with van der Waals surface area (Å²) in [6.45, 7) is 5.78. The van der Waals surface area contributed by atoms with E-state index >= 15 is 0 Å². The third-order valence-electron chi connectivity index (χ3n) is 4.82. The molecular weight excluding hydrogens is 399 g/mol. The van der Waals surface area contributed by atoms with Crippen LogP contribution in [0.3, 0.4) is 0 Å². The van der Waals surface area contributed by atoms with Gasteiger partial charge in [-0.05, 0) is 43.3 Å². The molecule has 0 unspecified atom stereocenters. The molecule has 1 aliphatic rings. The Kier molecular flexibility index (Phi) is 7.38. The Bertz CT molecular complexity index is 777. The van der Waals surface area contributed by atoms with Crippen LogP contribution in [0.15, 0.2) is 42.6 Å². The zero-order valence-electron chi connectivity index (χ0n) is 16.8. The molecule has 1 fully saturated rings. The molecule has 2 aromatic rings. The van der Waals surface area contributed by atoms with Gasteiger partial charge in [-0.3, -0.25) is 4.90 Å². The first-order chi connectivity index (χ1) is 14.3. The Balaban J connectivity index is 1.40. The van der Waals surface area contributed by atoms with Crippen LogP contribution >= 0.6 is 0 Å². The van der Waals surface area contributed by atoms with E-state index in [1.54, 1.807) is 12.1 Å².